The number of nitrogens with one attached hydrogen (secondary N) is 1. The Hall–Kier alpha value is -1.07. The molecular weight excluding hydrogens is 298 g/mol. The summed E-state index contributed by atoms with van der Waals surface area (Å²) in [6.07, 6.45) is 6.49. The van der Waals surface area contributed by atoms with Gasteiger partial charge in [0.2, 0.25) is 10.0 Å². The van der Waals surface area contributed by atoms with Gasteiger partial charge in [0.1, 0.15) is 5.75 Å². The lowest BCUT2D eigenvalue weighted by atomic mass is 10.1. The van der Waals surface area contributed by atoms with E-state index in [4.69, 9.17) is 4.74 Å². The van der Waals surface area contributed by atoms with Gasteiger partial charge < -0.3 is 4.74 Å². The van der Waals surface area contributed by atoms with Crippen molar-refractivity contribution in [3.63, 3.8) is 0 Å². The molecule has 1 aromatic rings. The summed E-state index contributed by atoms with van der Waals surface area (Å²) in [6, 6.07) is 1.79. The van der Waals surface area contributed by atoms with Crippen LogP contribution < -0.4 is 9.46 Å². The van der Waals surface area contributed by atoms with Crippen molar-refractivity contribution in [2.45, 2.75) is 70.2 Å². The summed E-state index contributed by atoms with van der Waals surface area (Å²) < 4.78 is 33.9. The molecule has 22 heavy (non-hydrogen) atoms. The fraction of sp³-hybridized carbons (Fsp3) is 0.647. The molecule has 0 aromatic heterocycles. The van der Waals surface area contributed by atoms with E-state index in [-0.39, 0.29) is 6.04 Å². The summed E-state index contributed by atoms with van der Waals surface area (Å²) >= 11 is 0. The van der Waals surface area contributed by atoms with Crippen LogP contribution in [-0.2, 0) is 10.0 Å². The molecule has 0 radical (unpaired) electrons. The SMILES string of the molecule is COc1c(C)cc(S(=O)(=O)NC2CCCCCC2)c(C)c1C. The van der Waals surface area contributed by atoms with Gasteiger partial charge in [-0.15, -0.1) is 0 Å². The molecule has 1 saturated carbocycles. The quantitative estimate of drug-likeness (QED) is 0.860. The molecule has 0 aliphatic heterocycles. The number of hydrogen-bond donors (Lipinski definition) is 1. The highest BCUT2D eigenvalue weighted by Crippen LogP contribution is 2.31. The van der Waals surface area contributed by atoms with E-state index in [9.17, 15) is 8.42 Å². The van der Waals surface area contributed by atoms with E-state index < -0.39 is 10.0 Å². The molecule has 0 spiro atoms. The van der Waals surface area contributed by atoms with Crippen LogP contribution in [0.25, 0.3) is 0 Å². The molecule has 1 N–H and O–H groups in total. The fourth-order valence-electron chi connectivity index (χ4n) is 3.29. The first-order valence-electron chi connectivity index (χ1n) is 8.04. The standard InChI is InChI=1S/C17H27NO3S/c1-12-11-16(13(2)14(3)17(12)21-4)22(19,20)18-15-9-7-5-6-8-10-15/h11,15,18H,5-10H2,1-4H3. The van der Waals surface area contributed by atoms with Gasteiger partial charge >= 0.3 is 0 Å². The molecule has 2 rings (SSSR count). The zero-order chi connectivity index (χ0) is 16.3. The topological polar surface area (TPSA) is 55.4 Å². The first kappa shape index (κ1) is 17.3. The van der Waals surface area contributed by atoms with Crippen LogP contribution in [0.3, 0.4) is 0 Å². The highest BCUT2D eigenvalue weighted by atomic mass is 32.2. The number of ether oxygens (including phenoxy) is 1. The Kier molecular flexibility index (Phi) is 5.50. The fourth-order valence-corrected chi connectivity index (χ4v) is 4.98. The maximum atomic E-state index is 12.8. The van der Waals surface area contributed by atoms with E-state index in [0.717, 1.165) is 48.1 Å². The van der Waals surface area contributed by atoms with Crippen molar-refractivity contribution in [2.75, 3.05) is 7.11 Å². The number of sulfonamides is 1. The van der Waals surface area contributed by atoms with Gasteiger partial charge in [0.05, 0.1) is 12.0 Å². The minimum absolute atomic E-state index is 0.0645. The predicted molar refractivity (Wildman–Crippen MR) is 89.0 cm³/mol. The van der Waals surface area contributed by atoms with Crippen molar-refractivity contribution >= 4 is 10.0 Å². The van der Waals surface area contributed by atoms with Gasteiger partial charge in [-0.3, -0.25) is 0 Å². The smallest absolute Gasteiger partial charge is 0.241 e. The number of hydrogen-bond acceptors (Lipinski definition) is 3. The Morgan fingerprint density at radius 2 is 1.64 bits per heavy atom. The van der Waals surface area contributed by atoms with E-state index in [1.54, 1.807) is 13.2 Å². The average Bonchev–Trinajstić information content (AvgIpc) is 2.71. The van der Waals surface area contributed by atoms with E-state index in [2.05, 4.69) is 4.72 Å². The zero-order valence-electron chi connectivity index (χ0n) is 14.0. The molecule has 0 saturated heterocycles. The minimum atomic E-state index is -3.48. The Morgan fingerprint density at radius 3 is 2.18 bits per heavy atom. The Bertz CT molecular complexity index is 630. The average molecular weight is 325 g/mol. The molecule has 0 heterocycles. The van der Waals surface area contributed by atoms with Crippen molar-refractivity contribution in [2.24, 2.45) is 0 Å². The summed E-state index contributed by atoms with van der Waals surface area (Å²) in [5.41, 5.74) is 2.51. The van der Waals surface area contributed by atoms with Crippen LogP contribution in [0.15, 0.2) is 11.0 Å². The van der Waals surface area contributed by atoms with Crippen molar-refractivity contribution in [3.05, 3.63) is 22.8 Å². The number of benzene rings is 1. The number of aryl methyl sites for hydroxylation is 1. The van der Waals surface area contributed by atoms with Crippen LogP contribution >= 0.6 is 0 Å². The molecule has 1 aliphatic carbocycles. The largest absolute Gasteiger partial charge is 0.496 e. The second-order valence-corrected chi connectivity index (χ2v) is 7.97. The molecule has 4 nitrogen and oxygen atoms in total. The van der Waals surface area contributed by atoms with E-state index in [1.807, 2.05) is 20.8 Å². The first-order chi connectivity index (χ1) is 10.4. The molecular formula is C17H27NO3S. The Morgan fingerprint density at radius 1 is 1.05 bits per heavy atom. The molecule has 1 aliphatic rings. The monoisotopic (exact) mass is 325 g/mol. The molecule has 124 valence electrons. The Labute approximate surface area is 134 Å². The van der Waals surface area contributed by atoms with Crippen LogP contribution in [0.2, 0.25) is 0 Å². The van der Waals surface area contributed by atoms with Crippen molar-refractivity contribution in [3.8, 4) is 5.75 Å². The highest BCUT2D eigenvalue weighted by Gasteiger charge is 2.25. The third-order valence-corrected chi connectivity index (χ3v) is 6.30. The Balaban J connectivity index is 2.33. The van der Waals surface area contributed by atoms with Crippen LogP contribution in [0.5, 0.6) is 5.75 Å². The maximum absolute atomic E-state index is 12.8. The van der Waals surface area contributed by atoms with Crippen LogP contribution in [0.1, 0.15) is 55.2 Å². The second kappa shape index (κ2) is 7.01. The van der Waals surface area contributed by atoms with Crippen molar-refractivity contribution in [1.82, 2.24) is 4.72 Å². The number of methoxy groups -OCH3 is 1. The lowest BCUT2D eigenvalue weighted by molar-refractivity contribution is 0.407. The third kappa shape index (κ3) is 3.63. The first-order valence-corrected chi connectivity index (χ1v) is 9.52. The summed E-state index contributed by atoms with van der Waals surface area (Å²) in [6.45, 7) is 5.64. The lowest BCUT2D eigenvalue weighted by Crippen LogP contribution is -2.35. The molecule has 1 aromatic carbocycles. The van der Waals surface area contributed by atoms with E-state index in [1.165, 1.54) is 12.8 Å². The van der Waals surface area contributed by atoms with E-state index in [0.29, 0.717) is 4.90 Å². The van der Waals surface area contributed by atoms with Gasteiger partial charge in [0.15, 0.2) is 0 Å². The summed E-state index contributed by atoms with van der Waals surface area (Å²) in [4.78, 5) is 0.382. The van der Waals surface area contributed by atoms with Gasteiger partial charge in [0, 0.05) is 6.04 Å². The third-order valence-electron chi connectivity index (χ3n) is 4.65. The van der Waals surface area contributed by atoms with Crippen LogP contribution in [-0.4, -0.2) is 21.6 Å². The van der Waals surface area contributed by atoms with Gasteiger partial charge in [-0.2, -0.15) is 0 Å². The van der Waals surface area contributed by atoms with Crippen LogP contribution in [0, 0.1) is 20.8 Å². The van der Waals surface area contributed by atoms with Crippen molar-refractivity contribution in [1.29, 1.82) is 0 Å². The summed E-state index contributed by atoms with van der Waals surface area (Å²) in [5.74, 6) is 0.769. The molecule has 1 fully saturated rings. The second-order valence-electron chi connectivity index (χ2n) is 6.28. The minimum Gasteiger partial charge on any atom is -0.496 e. The molecule has 0 unspecified atom stereocenters. The maximum Gasteiger partial charge on any atom is 0.241 e. The molecule has 5 heteroatoms. The summed E-state index contributed by atoms with van der Waals surface area (Å²) in [5, 5.41) is 0. The lowest BCUT2D eigenvalue weighted by Gasteiger charge is -2.20. The predicted octanol–water partition coefficient (Wildman–Crippen LogP) is 3.62. The molecule has 0 amide bonds. The van der Waals surface area contributed by atoms with Gasteiger partial charge in [-0.05, 0) is 56.4 Å². The van der Waals surface area contributed by atoms with Gasteiger partial charge in [-0.1, -0.05) is 25.7 Å². The van der Waals surface area contributed by atoms with Gasteiger partial charge in [-0.25, -0.2) is 13.1 Å². The number of rotatable bonds is 4. The molecule has 0 bridgehead atoms. The highest BCUT2D eigenvalue weighted by molar-refractivity contribution is 7.89. The summed E-state index contributed by atoms with van der Waals surface area (Å²) in [7, 11) is -1.86. The van der Waals surface area contributed by atoms with Crippen LogP contribution in [0.4, 0.5) is 0 Å². The zero-order valence-corrected chi connectivity index (χ0v) is 14.8. The van der Waals surface area contributed by atoms with Crippen molar-refractivity contribution < 1.29 is 13.2 Å². The molecule has 0 atom stereocenters. The van der Waals surface area contributed by atoms with Gasteiger partial charge in [0.25, 0.3) is 0 Å². The normalized spacial score (nSPS) is 17.3. The van der Waals surface area contributed by atoms with E-state index >= 15 is 0 Å².